The molecule has 2 aromatic rings. The smallest absolute Gasteiger partial charge is 0.104 e. The van der Waals surface area contributed by atoms with Crippen molar-refractivity contribution in [2.75, 3.05) is 0 Å². The molecule has 90 valence electrons. The molecule has 5 heteroatoms. The van der Waals surface area contributed by atoms with Gasteiger partial charge in [-0.15, -0.1) is 5.10 Å². The number of unbranched alkanes of at least 4 members (excludes halogenated alkanes) is 1. The molecule has 0 aliphatic carbocycles. The van der Waals surface area contributed by atoms with Gasteiger partial charge in [-0.2, -0.15) is 0 Å². The second-order valence-corrected chi connectivity index (χ2v) is 3.91. The Hall–Kier alpha value is -1.75. The van der Waals surface area contributed by atoms with Crippen LogP contribution in [0.3, 0.4) is 0 Å². The number of aryl methyl sites for hydroxylation is 1. The first-order valence-electron chi connectivity index (χ1n) is 5.89. The van der Waals surface area contributed by atoms with Gasteiger partial charge < -0.3 is 5.73 Å². The topological polar surface area (TPSA) is 69.6 Å². The van der Waals surface area contributed by atoms with Crippen LogP contribution in [0.4, 0.5) is 0 Å². The molecular formula is C12H17N5. The SMILES string of the molecule is CCCCn1nnc(CN)c1-c1cccnc1. The standard InChI is InChI=1S/C12H17N5/c1-2-3-7-17-12(11(8-13)15-16-17)10-5-4-6-14-9-10/h4-6,9H,2-3,7-8,13H2,1H3. The first kappa shape index (κ1) is 11.7. The molecular weight excluding hydrogens is 214 g/mol. The van der Waals surface area contributed by atoms with Gasteiger partial charge in [0, 0.05) is 31.0 Å². The van der Waals surface area contributed by atoms with E-state index in [1.54, 1.807) is 6.20 Å². The molecule has 0 spiro atoms. The van der Waals surface area contributed by atoms with Crippen LogP contribution in [0.5, 0.6) is 0 Å². The van der Waals surface area contributed by atoms with Crippen molar-refractivity contribution in [3.05, 3.63) is 30.2 Å². The molecule has 0 saturated heterocycles. The maximum Gasteiger partial charge on any atom is 0.104 e. The van der Waals surface area contributed by atoms with Crippen molar-refractivity contribution >= 4 is 0 Å². The summed E-state index contributed by atoms with van der Waals surface area (Å²) in [5.74, 6) is 0. The van der Waals surface area contributed by atoms with Crippen molar-refractivity contribution in [2.45, 2.75) is 32.9 Å². The summed E-state index contributed by atoms with van der Waals surface area (Å²) in [4.78, 5) is 4.13. The largest absolute Gasteiger partial charge is 0.325 e. The molecule has 0 saturated carbocycles. The van der Waals surface area contributed by atoms with Crippen molar-refractivity contribution in [2.24, 2.45) is 5.73 Å². The maximum absolute atomic E-state index is 5.69. The molecule has 2 heterocycles. The Labute approximate surface area is 101 Å². The van der Waals surface area contributed by atoms with Gasteiger partial charge >= 0.3 is 0 Å². The van der Waals surface area contributed by atoms with Gasteiger partial charge in [0.25, 0.3) is 0 Å². The van der Waals surface area contributed by atoms with Gasteiger partial charge in [-0.05, 0) is 18.6 Å². The van der Waals surface area contributed by atoms with Crippen molar-refractivity contribution in [3.8, 4) is 11.3 Å². The van der Waals surface area contributed by atoms with Crippen molar-refractivity contribution in [1.82, 2.24) is 20.0 Å². The molecule has 5 nitrogen and oxygen atoms in total. The van der Waals surface area contributed by atoms with Crippen LogP contribution in [-0.2, 0) is 13.1 Å². The van der Waals surface area contributed by atoms with Crippen LogP contribution < -0.4 is 5.73 Å². The Kier molecular flexibility index (Phi) is 3.82. The summed E-state index contributed by atoms with van der Waals surface area (Å²) in [5.41, 5.74) is 8.54. The van der Waals surface area contributed by atoms with Gasteiger partial charge in [0.2, 0.25) is 0 Å². The normalized spacial score (nSPS) is 10.7. The van der Waals surface area contributed by atoms with Crippen LogP contribution >= 0.6 is 0 Å². The zero-order chi connectivity index (χ0) is 12.1. The fourth-order valence-electron chi connectivity index (χ4n) is 1.77. The highest BCUT2D eigenvalue weighted by Gasteiger charge is 2.13. The Balaban J connectivity index is 2.39. The third kappa shape index (κ3) is 2.50. The molecule has 0 fully saturated rings. The van der Waals surface area contributed by atoms with E-state index in [0.717, 1.165) is 36.3 Å². The van der Waals surface area contributed by atoms with Crippen molar-refractivity contribution < 1.29 is 0 Å². The van der Waals surface area contributed by atoms with Gasteiger partial charge in [-0.1, -0.05) is 18.6 Å². The second-order valence-electron chi connectivity index (χ2n) is 3.91. The number of hydrogen-bond acceptors (Lipinski definition) is 4. The molecule has 2 aromatic heterocycles. The van der Waals surface area contributed by atoms with E-state index in [4.69, 9.17) is 5.73 Å². The zero-order valence-electron chi connectivity index (χ0n) is 10.0. The summed E-state index contributed by atoms with van der Waals surface area (Å²) in [6.45, 7) is 3.43. The Morgan fingerprint density at radius 1 is 1.41 bits per heavy atom. The monoisotopic (exact) mass is 231 g/mol. The predicted octanol–water partition coefficient (Wildman–Crippen LogP) is 1.60. The number of rotatable bonds is 5. The highest BCUT2D eigenvalue weighted by molar-refractivity contribution is 5.60. The van der Waals surface area contributed by atoms with E-state index < -0.39 is 0 Å². The first-order valence-corrected chi connectivity index (χ1v) is 5.89. The number of nitrogens with zero attached hydrogens (tertiary/aromatic N) is 4. The van der Waals surface area contributed by atoms with E-state index in [2.05, 4.69) is 22.2 Å². The summed E-state index contributed by atoms with van der Waals surface area (Å²) in [7, 11) is 0. The molecule has 0 radical (unpaired) electrons. The van der Waals surface area contributed by atoms with Gasteiger partial charge in [-0.3, -0.25) is 4.98 Å². The quantitative estimate of drug-likeness (QED) is 0.848. The van der Waals surface area contributed by atoms with Gasteiger partial charge in [0.1, 0.15) is 5.69 Å². The Bertz CT molecular complexity index is 463. The lowest BCUT2D eigenvalue weighted by Crippen LogP contribution is -2.04. The average Bonchev–Trinajstić information content (AvgIpc) is 2.80. The average molecular weight is 231 g/mol. The molecule has 0 aliphatic heterocycles. The molecule has 0 atom stereocenters. The first-order chi connectivity index (χ1) is 8.36. The lowest BCUT2D eigenvalue weighted by Gasteiger charge is -2.06. The highest BCUT2D eigenvalue weighted by atomic mass is 15.4. The van der Waals surface area contributed by atoms with Crippen molar-refractivity contribution in [1.29, 1.82) is 0 Å². The van der Waals surface area contributed by atoms with Gasteiger partial charge in [0.15, 0.2) is 0 Å². The molecule has 2 rings (SSSR count). The molecule has 0 bridgehead atoms. The summed E-state index contributed by atoms with van der Waals surface area (Å²) in [5, 5.41) is 8.28. The van der Waals surface area contributed by atoms with Crippen LogP contribution in [0, 0.1) is 0 Å². The van der Waals surface area contributed by atoms with E-state index in [1.807, 2.05) is 23.0 Å². The third-order valence-corrected chi connectivity index (χ3v) is 2.66. The molecule has 0 aromatic carbocycles. The fraction of sp³-hybridized carbons (Fsp3) is 0.417. The molecule has 17 heavy (non-hydrogen) atoms. The highest BCUT2D eigenvalue weighted by Crippen LogP contribution is 2.21. The minimum atomic E-state index is 0.399. The van der Waals surface area contributed by atoms with Crippen LogP contribution in [-0.4, -0.2) is 20.0 Å². The lowest BCUT2D eigenvalue weighted by molar-refractivity contribution is 0.557. The van der Waals surface area contributed by atoms with E-state index >= 15 is 0 Å². The van der Waals surface area contributed by atoms with Crippen LogP contribution in [0.2, 0.25) is 0 Å². The summed E-state index contributed by atoms with van der Waals surface area (Å²) in [6.07, 6.45) is 5.79. The molecule has 0 aliphatic rings. The predicted molar refractivity (Wildman–Crippen MR) is 66.1 cm³/mol. The van der Waals surface area contributed by atoms with E-state index in [0.29, 0.717) is 6.54 Å². The fourth-order valence-corrected chi connectivity index (χ4v) is 1.77. The number of nitrogens with two attached hydrogens (primary N) is 1. The van der Waals surface area contributed by atoms with Crippen molar-refractivity contribution in [3.63, 3.8) is 0 Å². The van der Waals surface area contributed by atoms with E-state index in [-0.39, 0.29) is 0 Å². The van der Waals surface area contributed by atoms with E-state index in [9.17, 15) is 0 Å². The molecule has 0 amide bonds. The van der Waals surface area contributed by atoms with Crippen LogP contribution in [0.15, 0.2) is 24.5 Å². The summed E-state index contributed by atoms with van der Waals surface area (Å²) >= 11 is 0. The molecule has 2 N–H and O–H groups in total. The summed E-state index contributed by atoms with van der Waals surface area (Å²) in [6, 6.07) is 3.92. The number of aromatic nitrogens is 4. The number of pyridine rings is 1. The zero-order valence-corrected chi connectivity index (χ0v) is 10.0. The Morgan fingerprint density at radius 2 is 2.29 bits per heavy atom. The number of hydrogen-bond donors (Lipinski definition) is 1. The van der Waals surface area contributed by atoms with Gasteiger partial charge in [0.05, 0.1) is 5.69 Å². The third-order valence-electron chi connectivity index (χ3n) is 2.66. The summed E-state index contributed by atoms with van der Waals surface area (Å²) < 4.78 is 1.92. The lowest BCUT2D eigenvalue weighted by atomic mass is 10.1. The second kappa shape index (κ2) is 5.54. The van der Waals surface area contributed by atoms with Gasteiger partial charge in [-0.25, -0.2) is 4.68 Å². The molecule has 0 unspecified atom stereocenters. The minimum absolute atomic E-state index is 0.399. The van der Waals surface area contributed by atoms with E-state index in [1.165, 1.54) is 0 Å². The van der Waals surface area contributed by atoms with Crippen LogP contribution in [0.1, 0.15) is 25.5 Å². The maximum atomic E-state index is 5.69. The Morgan fingerprint density at radius 3 is 2.94 bits per heavy atom. The minimum Gasteiger partial charge on any atom is -0.325 e. The van der Waals surface area contributed by atoms with Crippen LogP contribution in [0.25, 0.3) is 11.3 Å².